The molecule has 1 fully saturated rings. The monoisotopic (exact) mass is 356 g/mol. The van der Waals surface area contributed by atoms with Crippen molar-refractivity contribution in [2.75, 3.05) is 12.3 Å². The first-order valence-electron chi connectivity index (χ1n) is 6.90. The number of hydrogen-bond donors (Lipinski definition) is 2. The number of nitrogens with two attached hydrogens (primary N) is 1. The van der Waals surface area contributed by atoms with Gasteiger partial charge in [0, 0.05) is 22.0 Å². The Morgan fingerprint density at radius 3 is 2.75 bits per heavy atom. The highest BCUT2D eigenvalue weighted by atomic mass is 79.9. The van der Waals surface area contributed by atoms with E-state index in [0.29, 0.717) is 18.2 Å². The first-order chi connectivity index (χ1) is 9.51. The Kier molecular flexibility index (Phi) is 5.52. The molecule has 3 N–H and O–H groups in total. The number of carbonyl (C=O) groups is 1. The van der Waals surface area contributed by atoms with Crippen LogP contribution < -0.4 is 11.1 Å². The van der Waals surface area contributed by atoms with Crippen LogP contribution in [0.1, 0.15) is 24.0 Å². The third kappa shape index (κ3) is 4.24. The molecular weight excluding hydrogens is 336 g/mol. The summed E-state index contributed by atoms with van der Waals surface area (Å²) in [7, 11) is 0. The Morgan fingerprint density at radius 2 is 2.15 bits per heavy atom. The molecule has 1 atom stereocenters. The summed E-state index contributed by atoms with van der Waals surface area (Å²) in [4.78, 5) is 13.1. The van der Waals surface area contributed by atoms with Gasteiger partial charge in [0.25, 0.3) is 0 Å². The van der Waals surface area contributed by atoms with Gasteiger partial charge in [-0.25, -0.2) is 0 Å². The van der Waals surface area contributed by atoms with Gasteiger partial charge in [-0.2, -0.15) is 0 Å². The van der Waals surface area contributed by atoms with Crippen LogP contribution in [0.4, 0.5) is 0 Å². The lowest BCUT2D eigenvalue weighted by molar-refractivity contribution is -0.119. The van der Waals surface area contributed by atoms with E-state index in [1.165, 1.54) is 24.0 Å². The predicted molar refractivity (Wildman–Crippen MR) is 88.0 cm³/mol. The Hall–Kier alpha value is -0.520. The van der Waals surface area contributed by atoms with Crippen molar-refractivity contribution in [3.8, 4) is 0 Å². The van der Waals surface area contributed by atoms with Crippen LogP contribution in [0.3, 0.4) is 0 Å². The minimum atomic E-state index is 0.0809. The molecule has 1 aromatic rings. The zero-order valence-corrected chi connectivity index (χ0v) is 14.3. The van der Waals surface area contributed by atoms with Gasteiger partial charge in [0.15, 0.2) is 0 Å². The van der Waals surface area contributed by atoms with E-state index in [9.17, 15) is 4.79 Å². The van der Waals surface area contributed by atoms with Crippen molar-refractivity contribution in [2.24, 2.45) is 11.7 Å². The summed E-state index contributed by atoms with van der Waals surface area (Å²) in [6, 6.07) is 4.39. The molecule has 5 heteroatoms. The molecule has 0 saturated heterocycles. The van der Waals surface area contributed by atoms with Gasteiger partial charge in [0.2, 0.25) is 5.91 Å². The molecule has 0 heterocycles. The molecule has 1 saturated carbocycles. The van der Waals surface area contributed by atoms with E-state index in [-0.39, 0.29) is 11.9 Å². The van der Waals surface area contributed by atoms with Crippen molar-refractivity contribution in [1.29, 1.82) is 0 Å². The van der Waals surface area contributed by atoms with E-state index >= 15 is 0 Å². The summed E-state index contributed by atoms with van der Waals surface area (Å²) in [6.07, 6.45) is 2.39. The molecule has 1 amide bonds. The van der Waals surface area contributed by atoms with Crippen LogP contribution in [0.25, 0.3) is 0 Å². The zero-order valence-electron chi connectivity index (χ0n) is 11.9. The van der Waals surface area contributed by atoms with Gasteiger partial charge < -0.3 is 11.1 Å². The smallest absolute Gasteiger partial charge is 0.230 e. The number of halogens is 1. The Morgan fingerprint density at radius 1 is 1.45 bits per heavy atom. The number of aryl methyl sites for hydroxylation is 2. The second-order valence-corrected chi connectivity index (χ2v) is 7.27. The molecule has 1 unspecified atom stereocenters. The van der Waals surface area contributed by atoms with Gasteiger partial charge in [-0.1, -0.05) is 15.9 Å². The van der Waals surface area contributed by atoms with E-state index in [1.807, 2.05) is 0 Å². The molecule has 3 nitrogen and oxygen atoms in total. The summed E-state index contributed by atoms with van der Waals surface area (Å²) < 4.78 is 1.11. The van der Waals surface area contributed by atoms with E-state index in [1.54, 1.807) is 11.8 Å². The van der Waals surface area contributed by atoms with Gasteiger partial charge in [-0.3, -0.25) is 4.79 Å². The van der Waals surface area contributed by atoms with E-state index in [2.05, 4.69) is 47.2 Å². The van der Waals surface area contributed by atoms with Crippen molar-refractivity contribution in [2.45, 2.75) is 37.6 Å². The fraction of sp³-hybridized carbons (Fsp3) is 0.533. The van der Waals surface area contributed by atoms with Crippen LogP contribution in [0.15, 0.2) is 21.5 Å². The molecular formula is C15H21BrN2OS. The summed E-state index contributed by atoms with van der Waals surface area (Å²) in [5.74, 6) is 1.13. The molecule has 20 heavy (non-hydrogen) atoms. The van der Waals surface area contributed by atoms with Crippen LogP contribution in [0, 0.1) is 19.8 Å². The summed E-state index contributed by atoms with van der Waals surface area (Å²) >= 11 is 5.11. The molecule has 0 aliphatic heterocycles. The van der Waals surface area contributed by atoms with Crippen LogP contribution in [0.5, 0.6) is 0 Å². The maximum Gasteiger partial charge on any atom is 0.230 e. The average Bonchev–Trinajstić information content (AvgIpc) is 3.23. The van der Waals surface area contributed by atoms with Crippen molar-refractivity contribution in [3.63, 3.8) is 0 Å². The summed E-state index contributed by atoms with van der Waals surface area (Å²) in [5.41, 5.74) is 8.09. The number of carbonyl (C=O) groups excluding carboxylic acids is 1. The van der Waals surface area contributed by atoms with Crippen molar-refractivity contribution < 1.29 is 4.79 Å². The lowest BCUT2D eigenvalue weighted by atomic mass is 10.2. The van der Waals surface area contributed by atoms with Gasteiger partial charge >= 0.3 is 0 Å². The highest BCUT2D eigenvalue weighted by molar-refractivity contribution is 9.10. The van der Waals surface area contributed by atoms with Crippen LogP contribution in [-0.4, -0.2) is 24.2 Å². The second-order valence-electron chi connectivity index (χ2n) is 5.40. The Bertz CT molecular complexity index is 503. The number of nitrogens with one attached hydrogen (secondary N) is 1. The standard InChI is InChI=1S/C15H21BrN2OS/c1-9-6-14(10(2)5-12(9)16)20-8-15(19)18-13(7-17)11-3-4-11/h5-6,11,13H,3-4,7-8,17H2,1-2H3,(H,18,19). The lowest BCUT2D eigenvalue weighted by Crippen LogP contribution is -2.42. The average molecular weight is 357 g/mol. The first kappa shape index (κ1) is 15.9. The quantitative estimate of drug-likeness (QED) is 0.770. The maximum absolute atomic E-state index is 12.0. The van der Waals surface area contributed by atoms with Gasteiger partial charge in [0.1, 0.15) is 0 Å². The van der Waals surface area contributed by atoms with Gasteiger partial charge in [-0.15, -0.1) is 11.8 Å². The third-order valence-corrected chi connectivity index (χ3v) is 5.62. The lowest BCUT2D eigenvalue weighted by Gasteiger charge is -2.16. The van der Waals surface area contributed by atoms with E-state index < -0.39 is 0 Å². The van der Waals surface area contributed by atoms with Crippen molar-refractivity contribution in [1.82, 2.24) is 5.32 Å². The normalized spacial score (nSPS) is 16.0. The number of amides is 1. The highest BCUT2D eigenvalue weighted by Gasteiger charge is 2.31. The largest absolute Gasteiger partial charge is 0.351 e. The zero-order chi connectivity index (χ0) is 14.7. The van der Waals surface area contributed by atoms with Crippen molar-refractivity contribution >= 4 is 33.6 Å². The number of hydrogen-bond acceptors (Lipinski definition) is 3. The molecule has 1 aliphatic rings. The molecule has 1 aromatic carbocycles. The SMILES string of the molecule is Cc1cc(SCC(=O)NC(CN)C2CC2)c(C)cc1Br. The number of rotatable bonds is 6. The molecule has 0 radical (unpaired) electrons. The predicted octanol–water partition coefficient (Wildman–Crippen LogP) is 3.01. The molecule has 0 aromatic heterocycles. The minimum Gasteiger partial charge on any atom is -0.351 e. The summed E-state index contributed by atoms with van der Waals surface area (Å²) in [6.45, 7) is 4.67. The molecule has 0 spiro atoms. The second kappa shape index (κ2) is 6.96. The maximum atomic E-state index is 12.0. The van der Waals surface area contributed by atoms with Crippen LogP contribution >= 0.6 is 27.7 Å². The topological polar surface area (TPSA) is 55.1 Å². The van der Waals surface area contributed by atoms with E-state index in [4.69, 9.17) is 5.73 Å². The molecule has 1 aliphatic carbocycles. The van der Waals surface area contributed by atoms with Crippen LogP contribution in [-0.2, 0) is 4.79 Å². The van der Waals surface area contributed by atoms with E-state index in [0.717, 1.165) is 9.37 Å². The highest BCUT2D eigenvalue weighted by Crippen LogP contribution is 2.32. The minimum absolute atomic E-state index is 0.0809. The first-order valence-corrected chi connectivity index (χ1v) is 8.68. The number of benzene rings is 1. The fourth-order valence-corrected chi connectivity index (χ4v) is 3.54. The number of thioether (sulfide) groups is 1. The van der Waals surface area contributed by atoms with Gasteiger partial charge in [-0.05, 0) is 55.9 Å². The Labute approximate surface area is 133 Å². The van der Waals surface area contributed by atoms with Crippen molar-refractivity contribution in [3.05, 3.63) is 27.7 Å². The third-order valence-electron chi connectivity index (χ3n) is 3.61. The Balaban J connectivity index is 1.88. The van der Waals surface area contributed by atoms with Gasteiger partial charge in [0.05, 0.1) is 5.75 Å². The molecule has 2 rings (SSSR count). The molecule has 0 bridgehead atoms. The summed E-state index contributed by atoms with van der Waals surface area (Å²) in [5, 5.41) is 3.05. The fourth-order valence-electron chi connectivity index (χ4n) is 2.17. The van der Waals surface area contributed by atoms with Crippen LogP contribution in [0.2, 0.25) is 0 Å². The molecule has 110 valence electrons.